The van der Waals surface area contributed by atoms with Crippen molar-refractivity contribution in [1.29, 1.82) is 0 Å². The average Bonchev–Trinajstić information content (AvgIpc) is 3.06. The van der Waals surface area contributed by atoms with E-state index in [0.29, 0.717) is 5.92 Å². The van der Waals surface area contributed by atoms with Crippen molar-refractivity contribution in [2.45, 2.75) is 52.1 Å². The molecule has 0 bridgehead atoms. The molecule has 1 saturated carbocycles. The summed E-state index contributed by atoms with van der Waals surface area (Å²) < 4.78 is 5.88. The van der Waals surface area contributed by atoms with Crippen LogP contribution in [0, 0.1) is 12.8 Å². The second-order valence-corrected chi connectivity index (χ2v) is 6.89. The van der Waals surface area contributed by atoms with Crippen molar-refractivity contribution in [1.82, 2.24) is 0 Å². The van der Waals surface area contributed by atoms with E-state index >= 15 is 0 Å². The molecule has 0 radical (unpaired) electrons. The number of benzene rings is 1. The van der Waals surface area contributed by atoms with Gasteiger partial charge in [-0.05, 0) is 54.4 Å². The molecule has 2 aromatic rings. The van der Waals surface area contributed by atoms with E-state index in [9.17, 15) is 5.11 Å². The molecule has 0 spiro atoms. The van der Waals surface area contributed by atoms with Crippen molar-refractivity contribution in [3.8, 4) is 0 Å². The molecule has 1 aromatic heterocycles. The Bertz CT molecular complexity index is 612. The van der Waals surface area contributed by atoms with Crippen LogP contribution in [0.2, 0.25) is 0 Å². The molecule has 2 nitrogen and oxygen atoms in total. The van der Waals surface area contributed by atoms with Gasteiger partial charge in [0.25, 0.3) is 0 Å². The maximum atomic E-state index is 10.2. The molecule has 1 aliphatic carbocycles. The Hall–Kier alpha value is -1.28. The molecule has 2 heteroatoms. The third kappa shape index (κ3) is 2.30. The van der Waals surface area contributed by atoms with Crippen LogP contribution in [0.25, 0.3) is 11.0 Å². The molecule has 1 fully saturated rings. The van der Waals surface area contributed by atoms with Crippen molar-refractivity contribution >= 4 is 11.0 Å². The predicted molar refractivity (Wildman–Crippen MR) is 77.3 cm³/mol. The smallest absolute Gasteiger partial charge is 0.137 e. The Morgan fingerprint density at radius 3 is 2.47 bits per heavy atom. The van der Waals surface area contributed by atoms with Crippen LogP contribution in [0.5, 0.6) is 0 Å². The molecule has 1 aliphatic rings. The number of aliphatic hydroxyl groups excluding tert-OH is 1. The lowest BCUT2D eigenvalue weighted by molar-refractivity contribution is 0.129. The van der Waals surface area contributed by atoms with Crippen molar-refractivity contribution in [2.75, 3.05) is 0 Å². The Morgan fingerprint density at radius 1 is 1.21 bits per heavy atom. The van der Waals surface area contributed by atoms with Crippen molar-refractivity contribution in [2.24, 2.45) is 5.92 Å². The van der Waals surface area contributed by atoms with E-state index in [1.165, 1.54) is 5.56 Å². The highest BCUT2D eigenvalue weighted by Crippen LogP contribution is 2.42. The van der Waals surface area contributed by atoms with Gasteiger partial charge in [-0.25, -0.2) is 0 Å². The van der Waals surface area contributed by atoms with E-state index < -0.39 is 6.10 Å². The van der Waals surface area contributed by atoms with Crippen LogP contribution >= 0.6 is 0 Å². The molecule has 0 saturated heterocycles. The van der Waals surface area contributed by atoms with Gasteiger partial charge in [-0.3, -0.25) is 0 Å². The van der Waals surface area contributed by atoms with E-state index in [-0.39, 0.29) is 5.41 Å². The fourth-order valence-corrected chi connectivity index (χ4v) is 2.57. The lowest BCUT2D eigenvalue weighted by Gasteiger charge is -2.19. The minimum Gasteiger partial charge on any atom is -0.458 e. The maximum absolute atomic E-state index is 10.2. The van der Waals surface area contributed by atoms with Gasteiger partial charge in [0.05, 0.1) is 0 Å². The van der Waals surface area contributed by atoms with Crippen LogP contribution in [-0.4, -0.2) is 5.11 Å². The monoisotopic (exact) mass is 258 g/mol. The van der Waals surface area contributed by atoms with Gasteiger partial charge >= 0.3 is 0 Å². The molecule has 102 valence electrons. The predicted octanol–water partition coefficient (Wildman–Crippen LogP) is 4.48. The first-order valence-corrected chi connectivity index (χ1v) is 7.09. The Kier molecular flexibility index (Phi) is 2.75. The van der Waals surface area contributed by atoms with Crippen molar-refractivity contribution < 1.29 is 9.52 Å². The van der Waals surface area contributed by atoms with Gasteiger partial charge in [0.2, 0.25) is 0 Å². The van der Waals surface area contributed by atoms with E-state index in [2.05, 4.69) is 39.8 Å². The van der Waals surface area contributed by atoms with E-state index in [1.54, 1.807) is 0 Å². The molecule has 1 unspecified atom stereocenters. The highest BCUT2D eigenvalue weighted by atomic mass is 16.4. The fraction of sp³-hybridized carbons (Fsp3) is 0.529. The summed E-state index contributed by atoms with van der Waals surface area (Å²) in [5, 5.41) is 11.3. The molecule has 1 aromatic carbocycles. The van der Waals surface area contributed by atoms with Crippen LogP contribution in [0.4, 0.5) is 0 Å². The van der Waals surface area contributed by atoms with E-state index in [1.807, 2.05) is 6.07 Å². The minimum atomic E-state index is -0.426. The number of fused-ring (bicyclic) bond motifs is 1. The van der Waals surface area contributed by atoms with Gasteiger partial charge in [0.15, 0.2) is 0 Å². The molecular weight excluding hydrogens is 236 g/mol. The Labute approximate surface area is 114 Å². The Balaban J connectivity index is 2.09. The number of aryl methyl sites for hydroxylation is 1. The highest BCUT2D eigenvalue weighted by Gasteiger charge is 2.33. The lowest BCUT2D eigenvalue weighted by atomic mass is 9.85. The number of rotatable bonds is 2. The maximum Gasteiger partial charge on any atom is 0.137 e. The zero-order valence-corrected chi connectivity index (χ0v) is 12.2. The van der Waals surface area contributed by atoms with E-state index in [4.69, 9.17) is 4.42 Å². The molecule has 0 aliphatic heterocycles. The number of furan rings is 1. The zero-order chi connectivity index (χ0) is 13.8. The standard InChI is InChI=1S/C17H22O2/c1-10-7-13(17(2,3)4)8-12-9-14(19-16(10)12)15(18)11-5-6-11/h7-9,11,15,18H,5-6H2,1-4H3. The molecular formula is C17H22O2. The summed E-state index contributed by atoms with van der Waals surface area (Å²) in [4.78, 5) is 0. The lowest BCUT2D eigenvalue weighted by Crippen LogP contribution is -2.10. The van der Waals surface area contributed by atoms with Crippen LogP contribution in [-0.2, 0) is 5.41 Å². The van der Waals surface area contributed by atoms with Crippen LogP contribution in [0.15, 0.2) is 22.6 Å². The zero-order valence-electron chi connectivity index (χ0n) is 12.2. The molecule has 0 amide bonds. The Morgan fingerprint density at radius 2 is 1.89 bits per heavy atom. The normalized spacial score (nSPS) is 17.9. The third-order valence-electron chi connectivity index (χ3n) is 4.05. The summed E-state index contributed by atoms with van der Waals surface area (Å²) in [5.41, 5.74) is 3.51. The summed E-state index contributed by atoms with van der Waals surface area (Å²) >= 11 is 0. The van der Waals surface area contributed by atoms with Gasteiger partial charge in [0, 0.05) is 5.39 Å². The summed E-state index contributed by atoms with van der Waals surface area (Å²) in [5.74, 6) is 1.13. The largest absolute Gasteiger partial charge is 0.458 e. The molecule has 1 N–H and O–H groups in total. The van der Waals surface area contributed by atoms with Gasteiger partial charge in [-0.15, -0.1) is 0 Å². The SMILES string of the molecule is Cc1cc(C(C)(C)C)cc2cc(C(O)C3CC3)oc12. The second-order valence-electron chi connectivity index (χ2n) is 6.89. The molecule has 3 rings (SSSR count). The minimum absolute atomic E-state index is 0.130. The van der Waals surface area contributed by atoms with Crippen LogP contribution in [0.3, 0.4) is 0 Å². The van der Waals surface area contributed by atoms with Crippen molar-refractivity contribution in [3.63, 3.8) is 0 Å². The van der Waals surface area contributed by atoms with Gasteiger partial charge in [0.1, 0.15) is 17.4 Å². The van der Waals surface area contributed by atoms with Gasteiger partial charge < -0.3 is 9.52 Å². The summed E-state index contributed by atoms with van der Waals surface area (Å²) in [7, 11) is 0. The van der Waals surface area contributed by atoms with Gasteiger partial charge in [-0.1, -0.05) is 26.8 Å². The summed E-state index contributed by atoms with van der Waals surface area (Å²) in [6.07, 6.45) is 1.80. The van der Waals surface area contributed by atoms with E-state index in [0.717, 1.165) is 35.1 Å². The van der Waals surface area contributed by atoms with Crippen LogP contribution in [0.1, 0.15) is 56.6 Å². The van der Waals surface area contributed by atoms with Gasteiger partial charge in [-0.2, -0.15) is 0 Å². The highest BCUT2D eigenvalue weighted by molar-refractivity contribution is 5.82. The summed E-state index contributed by atoms with van der Waals surface area (Å²) in [6, 6.07) is 6.40. The molecule has 1 heterocycles. The van der Waals surface area contributed by atoms with Crippen LogP contribution < -0.4 is 0 Å². The summed E-state index contributed by atoms with van der Waals surface area (Å²) in [6.45, 7) is 8.73. The first-order valence-electron chi connectivity index (χ1n) is 7.09. The topological polar surface area (TPSA) is 33.4 Å². The number of hydrogen-bond donors (Lipinski definition) is 1. The first kappa shape index (κ1) is 12.7. The average molecular weight is 258 g/mol. The number of hydrogen-bond acceptors (Lipinski definition) is 2. The molecule has 1 atom stereocenters. The fourth-order valence-electron chi connectivity index (χ4n) is 2.57. The second kappa shape index (κ2) is 4.11. The number of aliphatic hydroxyl groups is 1. The third-order valence-corrected chi connectivity index (χ3v) is 4.05. The quantitative estimate of drug-likeness (QED) is 0.861. The molecule has 19 heavy (non-hydrogen) atoms. The van der Waals surface area contributed by atoms with Crippen molar-refractivity contribution in [3.05, 3.63) is 35.1 Å². The first-order chi connectivity index (χ1) is 8.86.